The van der Waals surface area contributed by atoms with Gasteiger partial charge in [0.2, 0.25) is 0 Å². The molecule has 1 N–H and O–H groups in total. The van der Waals surface area contributed by atoms with Crippen molar-refractivity contribution in [1.82, 2.24) is 4.98 Å². The molecule has 7 heteroatoms. The van der Waals surface area contributed by atoms with Crippen molar-refractivity contribution in [2.45, 2.75) is 11.8 Å². The molecule has 0 aliphatic carbocycles. The number of thiazole rings is 1. The van der Waals surface area contributed by atoms with Gasteiger partial charge in [-0.25, -0.2) is 4.98 Å². The first-order valence-corrected chi connectivity index (χ1v) is 10.0. The number of rotatable bonds is 4. The molecule has 0 unspecified atom stereocenters. The van der Waals surface area contributed by atoms with Gasteiger partial charge in [0.15, 0.2) is 5.13 Å². The first kappa shape index (κ1) is 16.5. The number of aromatic nitrogens is 1. The zero-order valence-corrected chi connectivity index (χ0v) is 15.6. The van der Waals surface area contributed by atoms with Crippen LogP contribution in [0.25, 0.3) is 10.6 Å². The third-order valence-corrected chi connectivity index (χ3v) is 5.97. The number of hydrogen-bond donors (Lipinski definition) is 1. The summed E-state index contributed by atoms with van der Waals surface area (Å²) in [7, 11) is 0. The molecular formula is C16H13ClN2OS3. The van der Waals surface area contributed by atoms with Crippen LogP contribution in [-0.2, 0) is 0 Å². The van der Waals surface area contributed by atoms with Crippen LogP contribution in [0.5, 0.6) is 0 Å². The van der Waals surface area contributed by atoms with Crippen LogP contribution >= 0.6 is 46.0 Å². The Hall–Kier alpha value is -1.34. The van der Waals surface area contributed by atoms with Crippen molar-refractivity contribution < 1.29 is 4.79 Å². The standard InChI is InChI=1S/C16H13ClN2OS3/c1-9-3-6-14(23-9)13-8-22-16(18-13)19-15(20)11-7-10(21-2)4-5-12(11)17/h3-8H,1-2H3,(H,18,19,20). The molecule has 0 fully saturated rings. The van der Waals surface area contributed by atoms with E-state index in [1.165, 1.54) is 16.2 Å². The van der Waals surface area contributed by atoms with Gasteiger partial charge < -0.3 is 0 Å². The number of carbonyl (C=O) groups is 1. The molecule has 0 aliphatic rings. The maximum Gasteiger partial charge on any atom is 0.258 e. The average molecular weight is 381 g/mol. The van der Waals surface area contributed by atoms with E-state index in [0.717, 1.165) is 15.5 Å². The Labute approximate surface area is 151 Å². The van der Waals surface area contributed by atoms with Crippen molar-refractivity contribution in [3.8, 4) is 10.6 Å². The fraction of sp³-hybridized carbons (Fsp3) is 0.125. The largest absolute Gasteiger partial charge is 0.298 e. The van der Waals surface area contributed by atoms with Crippen molar-refractivity contribution in [3.05, 3.63) is 51.2 Å². The number of nitrogens with one attached hydrogen (secondary N) is 1. The lowest BCUT2D eigenvalue weighted by Gasteiger charge is -2.06. The molecule has 1 aromatic carbocycles. The molecule has 0 spiro atoms. The highest BCUT2D eigenvalue weighted by molar-refractivity contribution is 7.98. The SMILES string of the molecule is CSc1ccc(Cl)c(C(=O)Nc2nc(-c3ccc(C)s3)cs2)c1. The zero-order valence-electron chi connectivity index (χ0n) is 12.4. The summed E-state index contributed by atoms with van der Waals surface area (Å²) < 4.78 is 0. The van der Waals surface area contributed by atoms with Crippen molar-refractivity contribution in [2.24, 2.45) is 0 Å². The van der Waals surface area contributed by atoms with Gasteiger partial charge in [-0.3, -0.25) is 10.1 Å². The Morgan fingerprint density at radius 3 is 2.83 bits per heavy atom. The highest BCUT2D eigenvalue weighted by atomic mass is 35.5. The molecular weight excluding hydrogens is 368 g/mol. The molecule has 23 heavy (non-hydrogen) atoms. The fourth-order valence-electron chi connectivity index (χ4n) is 1.99. The summed E-state index contributed by atoms with van der Waals surface area (Å²) in [5, 5.41) is 5.78. The number of hydrogen-bond acceptors (Lipinski definition) is 5. The first-order valence-electron chi connectivity index (χ1n) is 6.74. The Balaban J connectivity index is 1.80. The molecule has 2 heterocycles. The van der Waals surface area contributed by atoms with E-state index in [2.05, 4.69) is 23.3 Å². The van der Waals surface area contributed by atoms with Gasteiger partial charge in [0.25, 0.3) is 5.91 Å². The molecule has 0 saturated heterocycles. The van der Waals surface area contributed by atoms with E-state index in [4.69, 9.17) is 11.6 Å². The molecule has 0 aliphatic heterocycles. The monoisotopic (exact) mass is 380 g/mol. The third kappa shape index (κ3) is 3.77. The lowest BCUT2D eigenvalue weighted by molar-refractivity contribution is 0.102. The van der Waals surface area contributed by atoms with Crippen LogP contribution in [-0.4, -0.2) is 17.1 Å². The highest BCUT2D eigenvalue weighted by Gasteiger charge is 2.14. The van der Waals surface area contributed by atoms with Gasteiger partial charge >= 0.3 is 0 Å². The van der Waals surface area contributed by atoms with E-state index in [9.17, 15) is 4.79 Å². The molecule has 0 atom stereocenters. The molecule has 0 saturated carbocycles. The van der Waals surface area contributed by atoms with Gasteiger partial charge in [-0.15, -0.1) is 34.4 Å². The van der Waals surface area contributed by atoms with Crippen LogP contribution in [0.3, 0.4) is 0 Å². The number of thiophene rings is 1. The third-order valence-electron chi connectivity index (χ3n) is 3.14. The van der Waals surface area contributed by atoms with Crippen LogP contribution in [0.2, 0.25) is 5.02 Å². The summed E-state index contributed by atoms with van der Waals surface area (Å²) >= 11 is 10.8. The second kappa shape index (κ2) is 7.05. The normalized spacial score (nSPS) is 10.7. The quantitative estimate of drug-likeness (QED) is 0.581. The van der Waals surface area contributed by atoms with Crippen LogP contribution in [0.1, 0.15) is 15.2 Å². The number of thioether (sulfide) groups is 1. The maximum atomic E-state index is 12.4. The van der Waals surface area contributed by atoms with E-state index in [-0.39, 0.29) is 5.91 Å². The summed E-state index contributed by atoms with van der Waals surface area (Å²) in [5.74, 6) is -0.242. The van der Waals surface area contributed by atoms with Gasteiger partial charge in [-0.1, -0.05) is 11.6 Å². The van der Waals surface area contributed by atoms with Gasteiger partial charge in [-0.05, 0) is 43.5 Å². The molecule has 0 radical (unpaired) electrons. The van der Waals surface area contributed by atoms with Crippen LogP contribution in [0, 0.1) is 6.92 Å². The van der Waals surface area contributed by atoms with Crippen LogP contribution < -0.4 is 5.32 Å². The predicted octanol–water partition coefficient (Wildman–Crippen LogP) is 5.81. The van der Waals surface area contributed by atoms with Crippen molar-refractivity contribution >= 4 is 57.1 Å². The van der Waals surface area contributed by atoms with E-state index in [0.29, 0.717) is 15.7 Å². The smallest absolute Gasteiger partial charge is 0.258 e. The summed E-state index contributed by atoms with van der Waals surface area (Å²) in [5.41, 5.74) is 1.34. The lowest BCUT2D eigenvalue weighted by atomic mass is 10.2. The topological polar surface area (TPSA) is 42.0 Å². The highest BCUT2D eigenvalue weighted by Crippen LogP contribution is 2.31. The van der Waals surface area contributed by atoms with Crippen molar-refractivity contribution in [3.63, 3.8) is 0 Å². The minimum Gasteiger partial charge on any atom is -0.298 e. The molecule has 0 bridgehead atoms. The lowest BCUT2D eigenvalue weighted by Crippen LogP contribution is -2.12. The minimum atomic E-state index is -0.242. The summed E-state index contributed by atoms with van der Waals surface area (Å²) in [6.45, 7) is 2.06. The number of anilines is 1. The molecule has 1 amide bonds. The Kier molecular flexibility index (Phi) is 5.06. The van der Waals surface area contributed by atoms with E-state index in [1.54, 1.807) is 35.2 Å². The number of nitrogens with zero attached hydrogens (tertiary/aromatic N) is 1. The first-order chi connectivity index (χ1) is 11.1. The summed E-state index contributed by atoms with van der Waals surface area (Å²) in [6, 6.07) is 9.53. The average Bonchev–Trinajstić information content (AvgIpc) is 3.16. The van der Waals surface area contributed by atoms with E-state index in [1.807, 2.05) is 23.8 Å². The van der Waals surface area contributed by atoms with E-state index >= 15 is 0 Å². The summed E-state index contributed by atoms with van der Waals surface area (Å²) in [4.78, 5) is 20.2. The maximum absolute atomic E-state index is 12.4. The molecule has 3 rings (SSSR count). The Morgan fingerprint density at radius 2 is 2.13 bits per heavy atom. The molecule has 2 aromatic heterocycles. The van der Waals surface area contributed by atoms with Gasteiger partial charge in [0.1, 0.15) is 0 Å². The second-order valence-electron chi connectivity index (χ2n) is 4.75. The second-order valence-corrected chi connectivity index (χ2v) is 8.18. The summed E-state index contributed by atoms with van der Waals surface area (Å²) in [6.07, 6.45) is 1.96. The Morgan fingerprint density at radius 1 is 1.30 bits per heavy atom. The number of aryl methyl sites for hydroxylation is 1. The number of benzene rings is 1. The van der Waals surface area contributed by atoms with Gasteiger partial charge in [0, 0.05) is 15.2 Å². The van der Waals surface area contributed by atoms with Gasteiger partial charge in [-0.2, -0.15) is 0 Å². The fourth-order valence-corrected chi connectivity index (χ4v) is 4.24. The van der Waals surface area contributed by atoms with Gasteiger partial charge in [0.05, 0.1) is 21.2 Å². The zero-order chi connectivity index (χ0) is 16.4. The van der Waals surface area contributed by atoms with Crippen molar-refractivity contribution in [1.29, 1.82) is 0 Å². The van der Waals surface area contributed by atoms with Crippen molar-refractivity contribution in [2.75, 3.05) is 11.6 Å². The van der Waals surface area contributed by atoms with E-state index < -0.39 is 0 Å². The number of carbonyl (C=O) groups excluding carboxylic acids is 1. The van der Waals surface area contributed by atoms with Crippen LogP contribution in [0.15, 0.2) is 40.6 Å². The molecule has 118 valence electrons. The number of halogens is 1. The predicted molar refractivity (Wildman–Crippen MR) is 101 cm³/mol. The number of amides is 1. The molecule has 3 aromatic rings. The Bertz CT molecular complexity index is 857. The molecule has 3 nitrogen and oxygen atoms in total. The minimum absolute atomic E-state index is 0.242. The van der Waals surface area contributed by atoms with Crippen LogP contribution in [0.4, 0.5) is 5.13 Å².